The molecule has 1 aromatic carbocycles. The Morgan fingerprint density at radius 3 is 2.79 bits per heavy atom. The Morgan fingerprint density at radius 2 is 2.21 bits per heavy atom. The SMILES string of the molecule is CCN(Cc1cccc(Cl)c1)C(=O)c1csc(I)c1. The number of halogens is 2. The molecule has 0 aliphatic heterocycles. The predicted octanol–water partition coefficient (Wildman–Crippen LogP) is 4.67. The van der Waals surface area contributed by atoms with Crippen molar-refractivity contribution in [3.63, 3.8) is 0 Å². The number of thiophene rings is 1. The number of carbonyl (C=O) groups is 1. The highest BCUT2D eigenvalue weighted by molar-refractivity contribution is 14.1. The van der Waals surface area contributed by atoms with Crippen LogP contribution in [0.1, 0.15) is 22.8 Å². The molecule has 1 heterocycles. The van der Waals surface area contributed by atoms with Gasteiger partial charge in [0.15, 0.2) is 0 Å². The van der Waals surface area contributed by atoms with Crippen molar-refractivity contribution in [3.8, 4) is 0 Å². The van der Waals surface area contributed by atoms with Crippen LogP contribution >= 0.6 is 45.5 Å². The number of benzene rings is 1. The second-order valence-corrected chi connectivity index (χ2v) is 7.33. The average Bonchev–Trinajstić information content (AvgIpc) is 2.82. The van der Waals surface area contributed by atoms with Crippen LogP contribution in [0.3, 0.4) is 0 Å². The Hall–Kier alpha value is -0.590. The Bertz CT molecular complexity index is 584. The lowest BCUT2D eigenvalue weighted by atomic mass is 10.2. The first kappa shape index (κ1) is 14.8. The maximum absolute atomic E-state index is 12.4. The zero-order valence-electron chi connectivity index (χ0n) is 10.4. The third kappa shape index (κ3) is 3.94. The van der Waals surface area contributed by atoms with Gasteiger partial charge in [0.25, 0.3) is 5.91 Å². The normalized spacial score (nSPS) is 10.5. The van der Waals surface area contributed by atoms with Gasteiger partial charge in [-0.25, -0.2) is 0 Å². The van der Waals surface area contributed by atoms with Crippen LogP contribution in [-0.2, 0) is 6.54 Å². The van der Waals surface area contributed by atoms with E-state index in [0.717, 1.165) is 14.0 Å². The summed E-state index contributed by atoms with van der Waals surface area (Å²) in [5.74, 6) is 0.0710. The van der Waals surface area contributed by atoms with E-state index in [0.29, 0.717) is 18.1 Å². The highest BCUT2D eigenvalue weighted by atomic mass is 127. The molecule has 0 spiro atoms. The number of rotatable bonds is 4. The van der Waals surface area contributed by atoms with Crippen LogP contribution in [0, 0.1) is 2.88 Å². The molecule has 0 unspecified atom stereocenters. The lowest BCUT2D eigenvalue weighted by Crippen LogP contribution is -2.29. The predicted molar refractivity (Wildman–Crippen MR) is 88.9 cm³/mol. The second-order valence-electron chi connectivity index (χ2n) is 4.09. The molecule has 19 heavy (non-hydrogen) atoms. The first-order valence-electron chi connectivity index (χ1n) is 5.88. The van der Waals surface area contributed by atoms with Crippen molar-refractivity contribution in [1.82, 2.24) is 4.90 Å². The monoisotopic (exact) mass is 405 g/mol. The zero-order valence-corrected chi connectivity index (χ0v) is 14.1. The first-order valence-corrected chi connectivity index (χ1v) is 8.21. The van der Waals surface area contributed by atoms with Crippen LogP contribution in [0.5, 0.6) is 0 Å². The number of hydrogen-bond donors (Lipinski definition) is 0. The van der Waals surface area contributed by atoms with E-state index in [1.807, 2.05) is 47.5 Å². The molecule has 0 atom stereocenters. The fourth-order valence-electron chi connectivity index (χ4n) is 1.79. The molecule has 0 saturated carbocycles. The molecule has 2 nitrogen and oxygen atoms in total. The number of hydrogen-bond acceptors (Lipinski definition) is 2. The molecule has 1 aromatic heterocycles. The van der Waals surface area contributed by atoms with Gasteiger partial charge >= 0.3 is 0 Å². The van der Waals surface area contributed by atoms with Gasteiger partial charge < -0.3 is 4.90 Å². The molecular weight excluding hydrogens is 393 g/mol. The summed E-state index contributed by atoms with van der Waals surface area (Å²) in [7, 11) is 0. The summed E-state index contributed by atoms with van der Waals surface area (Å²) >= 11 is 9.78. The molecule has 0 aliphatic rings. The Labute approximate surface area is 135 Å². The molecule has 0 bridgehead atoms. The third-order valence-electron chi connectivity index (χ3n) is 2.75. The fraction of sp³-hybridized carbons (Fsp3) is 0.214. The Morgan fingerprint density at radius 1 is 1.42 bits per heavy atom. The van der Waals surface area contributed by atoms with Gasteiger partial charge in [-0.1, -0.05) is 23.7 Å². The molecule has 1 amide bonds. The van der Waals surface area contributed by atoms with Gasteiger partial charge in [0.2, 0.25) is 0 Å². The molecule has 0 saturated heterocycles. The summed E-state index contributed by atoms with van der Waals surface area (Å²) < 4.78 is 1.12. The summed E-state index contributed by atoms with van der Waals surface area (Å²) in [6, 6.07) is 9.55. The van der Waals surface area contributed by atoms with Gasteiger partial charge in [-0.15, -0.1) is 11.3 Å². The maximum Gasteiger partial charge on any atom is 0.255 e. The Kier molecular flexibility index (Phi) is 5.24. The molecule has 5 heteroatoms. The van der Waals surface area contributed by atoms with Gasteiger partial charge in [-0.3, -0.25) is 4.79 Å². The average molecular weight is 406 g/mol. The van der Waals surface area contributed by atoms with E-state index in [1.54, 1.807) is 11.3 Å². The van der Waals surface area contributed by atoms with E-state index >= 15 is 0 Å². The topological polar surface area (TPSA) is 20.3 Å². The van der Waals surface area contributed by atoms with Crippen molar-refractivity contribution in [2.45, 2.75) is 13.5 Å². The van der Waals surface area contributed by atoms with Crippen molar-refractivity contribution >= 4 is 51.4 Å². The summed E-state index contributed by atoms with van der Waals surface area (Å²) in [6.45, 7) is 3.25. The maximum atomic E-state index is 12.4. The largest absolute Gasteiger partial charge is 0.335 e. The standard InChI is InChI=1S/C14H13ClINOS/c1-2-17(8-10-4-3-5-12(15)6-10)14(18)11-7-13(16)19-9-11/h3-7,9H,2,8H2,1H3. The molecule has 0 aliphatic carbocycles. The van der Waals surface area contributed by atoms with E-state index in [4.69, 9.17) is 11.6 Å². The van der Waals surface area contributed by atoms with E-state index in [1.165, 1.54) is 0 Å². The van der Waals surface area contributed by atoms with Crippen LogP contribution in [0.15, 0.2) is 35.7 Å². The van der Waals surface area contributed by atoms with Gasteiger partial charge in [0.05, 0.1) is 8.45 Å². The second kappa shape index (κ2) is 6.72. The summed E-state index contributed by atoms with van der Waals surface area (Å²) in [6.07, 6.45) is 0. The fourth-order valence-corrected chi connectivity index (χ4v) is 3.32. The molecule has 0 N–H and O–H groups in total. The van der Waals surface area contributed by atoms with E-state index < -0.39 is 0 Å². The van der Waals surface area contributed by atoms with Crippen molar-refractivity contribution in [3.05, 3.63) is 54.7 Å². The minimum atomic E-state index is 0.0710. The number of amides is 1. The molecule has 0 fully saturated rings. The highest BCUT2D eigenvalue weighted by Crippen LogP contribution is 2.19. The van der Waals surface area contributed by atoms with Crippen LogP contribution in [-0.4, -0.2) is 17.4 Å². The number of carbonyl (C=O) groups excluding carboxylic acids is 1. The van der Waals surface area contributed by atoms with Crippen LogP contribution in [0.4, 0.5) is 0 Å². The van der Waals surface area contributed by atoms with Gasteiger partial charge in [-0.05, 0) is 53.3 Å². The summed E-state index contributed by atoms with van der Waals surface area (Å²) in [5, 5.41) is 2.61. The van der Waals surface area contributed by atoms with E-state index in [-0.39, 0.29) is 5.91 Å². The van der Waals surface area contributed by atoms with Crippen LogP contribution in [0.2, 0.25) is 5.02 Å². The molecule has 2 aromatic rings. The van der Waals surface area contributed by atoms with E-state index in [2.05, 4.69) is 22.6 Å². The van der Waals surface area contributed by atoms with Crippen molar-refractivity contribution in [1.29, 1.82) is 0 Å². The van der Waals surface area contributed by atoms with Gasteiger partial charge in [-0.2, -0.15) is 0 Å². The third-order valence-corrected chi connectivity index (χ3v) is 4.77. The van der Waals surface area contributed by atoms with Gasteiger partial charge in [0, 0.05) is 23.5 Å². The molecule has 2 rings (SSSR count). The lowest BCUT2D eigenvalue weighted by Gasteiger charge is -2.20. The summed E-state index contributed by atoms with van der Waals surface area (Å²) in [5.41, 5.74) is 1.81. The molecule has 100 valence electrons. The van der Waals surface area contributed by atoms with Crippen molar-refractivity contribution in [2.24, 2.45) is 0 Å². The van der Waals surface area contributed by atoms with Gasteiger partial charge in [0.1, 0.15) is 0 Å². The summed E-state index contributed by atoms with van der Waals surface area (Å²) in [4.78, 5) is 14.2. The number of nitrogens with zero attached hydrogens (tertiary/aromatic N) is 1. The molecule has 0 radical (unpaired) electrons. The zero-order chi connectivity index (χ0) is 13.8. The van der Waals surface area contributed by atoms with Crippen molar-refractivity contribution < 1.29 is 4.79 Å². The van der Waals surface area contributed by atoms with Crippen LogP contribution in [0.25, 0.3) is 0 Å². The minimum absolute atomic E-state index is 0.0710. The quantitative estimate of drug-likeness (QED) is 0.677. The van der Waals surface area contributed by atoms with Crippen LogP contribution < -0.4 is 0 Å². The van der Waals surface area contributed by atoms with Crippen molar-refractivity contribution in [2.75, 3.05) is 6.54 Å². The minimum Gasteiger partial charge on any atom is -0.335 e. The lowest BCUT2D eigenvalue weighted by molar-refractivity contribution is 0.0753. The molecular formula is C14H13ClINOS. The Balaban J connectivity index is 2.14. The highest BCUT2D eigenvalue weighted by Gasteiger charge is 2.15. The first-order chi connectivity index (χ1) is 9.10. The van der Waals surface area contributed by atoms with E-state index in [9.17, 15) is 4.79 Å². The smallest absolute Gasteiger partial charge is 0.255 e.